The zero-order valence-electron chi connectivity index (χ0n) is 68.2. The van der Waals surface area contributed by atoms with Crippen molar-refractivity contribution in [3.63, 3.8) is 0 Å². The van der Waals surface area contributed by atoms with Crippen LogP contribution in [0.25, 0.3) is 123 Å². The zero-order chi connectivity index (χ0) is 85.2. The van der Waals surface area contributed by atoms with Gasteiger partial charge in [-0.25, -0.2) is 28.4 Å². The lowest BCUT2D eigenvalue weighted by Gasteiger charge is -2.32. The Morgan fingerprint density at radius 1 is 0.508 bits per heavy atom. The predicted octanol–water partition coefficient (Wildman–Crippen LogP) is 11.8. The highest BCUT2D eigenvalue weighted by atomic mass is 32.2. The number of aliphatic hydroxyl groups is 2. The second-order valence-electron chi connectivity index (χ2n) is 31.9. The van der Waals surface area contributed by atoms with Gasteiger partial charge in [-0.3, -0.25) is 29.5 Å². The zero-order valence-corrected chi connectivity index (χ0v) is 69.0. The lowest BCUT2D eigenvalue weighted by Crippen LogP contribution is -2.40. The van der Waals surface area contributed by atoms with Crippen LogP contribution in [-0.4, -0.2) is 168 Å². The summed E-state index contributed by atoms with van der Waals surface area (Å²) in [6.07, 6.45) is 21.0. The molecular formula is C92H88N24O7S. The van der Waals surface area contributed by atoms with E-state index in [0.717, 1.165) is 186 Å². The van der Waals surface area contributed by atoms with E-state index in [-0.39, 0.29) is 35.4 Å². The van der Waals surface area contributed by atoms with Crippen LogP contribution in [0.1, 0.15) is 96.0 Å². The number of ether oxygens (including phenoxy) is 1. The van der Waals surface area contributed by atoms with Gasteiger partial charge in [0.15, 0.2) is 32.4 Å². The molecule has 5 aliphatic rings. The third-order valence-corrected chi connectivity index (χ3v) is 25.3. The van der Waals surface area contributed by atoms with Crippen LogP contribution in [0.4, 0.5) is 23.3 Å². The van der Waals surface area contributed by atoms with Gasteiger partial charge in [-0.05, 0) is 101 Å². The molecule has 2 saturated heterocycles. The highest BCUT2D eigenvalue weighted by Gasteiger charge is 2.35. The van der Waals surface area contributed by atoms with Gasteiger partial charge in [0.1, 0.15) is 41.6 Å². The molecule has 4 aromatic carbocycles. The van der Waals surface area contributed by atoms with Crippen LogP contribution >= 0.6 is 0 Å². The summed E-state index contributed by atoms with van der Waals surface area (Å²) in [7, 11) is -3.19. The number of aromatic nitrogens is 17. The third kappa shape index (κ3) is 15.1. The Bertz CT molecular complexity index is 7070. The number of amides is 2. The normalized spacial score (nSPS) is 15.8. The first-order valence-corrected chi connectivity index (χ1v) is 43.0. The number of sulfone groups is 1. The molecule has 624 valence electrons. The Hall–Kier alpha value is -14.3. The van der Waals surface area contributed by atoms with Crippen LogP contribution in [0.3, 0.4) is 0 Å². The lowest BCUT2D eigenvalue weighted by molar-refractivity contribution is -0.140. The Kier molecular flexibility index (Phi) is 21.1. The molecule has 17 heterocycles. The van der Waals surface area contributed by atoms with E-state index in [1.54, 1.807) is 54.3 Å². The lowest BCUT2D eigenvalue weighted by atomic mass is 10.0. The molecule has 31 nitrogen and oxygen atoms in total. The molecule has 4 aliphatic heterocycles. The molecule has 0 spiro atoms. The SMILES string of the molecule is C[C@@H](O)C(=O)N1Cc2nc3c(-c4ccc(-c5ccccc5)nc4)cnn3c(N)c2C1.Cc1ccc2ncc(-c3cnn4c(N)c5c(C)cn(C6CCN(C(=O)CO)CC6)c5nc34)cc2c1.Nc1c2c(nc3c(-c4ccc(-c5ccccc5)nc4)cnn13)C(NC1CCOCC1)CC2.Nc1c2c(nc3c(-c4ccc(-c5ccccc5)nc4)cnn13)CS(=O)(=O)C2. The molecule has 32 heteroatoms. The summed E-state index contributed by atoms with van der Waals surface area (Å²) < 4.78 is 38.1. The first-order valence-electron chi connectivity index (χ1n) is 41.2. The molecule has 22 rings (SSSR count). The van der Waals surface area contributed by atoms with E-state index < -0.39 is 22.5 Å². The molecule has 13 aromatic heterocycles. The first-order chi connectivity index (χ1) is 60.3. The number of anilines is 4. The number of hydrogen-bond acceptors (Lipinski definition) is 24. The molecule has 2 amide bonds. The van der Waals surface area contributed by atoms with Crippen LogP contribution in [0.5, 0.6) is 0 Å². The summed E-state index contributed by atoms with van der Waals surface area (Å²) in [6, 6.07) is 51.2. The summed E-state index contributed by atoms with van der Waals surface area (Å²) >= 11 is 0. The van der Waals surface area contributed by atoms with Gasteiger partial charge in [0, 0.05) is 153 Å². The maximum atomic E-state index is 12.2. The minimum Gasteiger partial charge on any atom is -0.387 e. The van der Waals surface area contributed by atoms with Crippen LogP contribution < -0.4 is 28.3 Å². The topological polar surface area (TPSA) is 418 Å². The van der Waals surface area contributed by atoms with E-state index in [1.807, 2.05) is 141 Å². The van der Waals surface area contributed by atoms with Crippen molar-refractivity contribution in [3.8, 4) is 78.3 Å². The van der Waals surface area contributed by atoms with Gasteiger partial charge in [-0.1, -0.05) is 121 Å². The quantitative estimate of drug-likeness (QED) is 0.0597. The molecule has 2 fully saturated rings. The van der Waals surface area contributed by atoms with Crippen molar-refractivity contribution in [3.05, 3.63) is 252 Å². The number of nitrogens with two attached hydrogens (primary N) is 4. The number of fused-ring (bicyclic) bond motifs is 9. The second kappa shape index (κ2) is 32.9. The molecule has 0 bridgehead atoms. The highest BCUT2D eigenvalue weighted by Crippen LogP contribution is 2.41. The molecule has 17 aromatic rings. The summed E-state index contributed by atoms with van der Waals surface area (Å²) in [5.41, 5.74) is 50.0. The largest absolute Gasteiger partial charge is 0.387 e. The number of pyridine rings is 4. The van der Waals surface area contributed by atoms with Crippen molar-refractivity contribution >= 4 is 89.4 Å². The number of aliphatic hydroxyl groups excluding tert-OH is 2. The Labute approximate surface area is 711 Å². The van der Waals surface area contributed by atoms with E-state index in [9.17, 15) is 28.2 Å². The minimum absolute atomic E-state index is 0.0837. The number of benzene rings is 4. The monoisotopic (exact) mass is 1670 g/mol. The van der Waals surface area contributed by atoms with Crippen molar-refractivity contribution in [2.24, 2.45) is 0 Å². The number of nitrogen functional groups attached to an aromatic ring is 4. The molecular weight excluding hydrogens is 1590 g/mol. The van der Waals surface area contributed by atoms with Crippen LogP contribution in [0.15, 0.2) is 207 Å². The van der Waals surface area contributed by atoms with Gasteiger partial charge in [0.05, 0.1) is 100 Å². The molecule has 11 N–H and O–H groups in total. The highest BCUT2D eigenvalue weighted by molar-refractivity contribution is 7.90. The molecule has 1 aliphatic carbocycles. The van der Waals surface area contributed by atoms with Crippen molar-refractivity contribution in [2.75, 3.05) is 55.8 Å². The van der Waals surface area contributed by atoms with Gasteiger partial charge < -0.3 is 57.6 Å². The summed E-state index contributed by atoms with van der Waals surface area (Å²) in [5, 5.41) is 42.4. The average molecular weight is 1670 g/mol. The number of nitrogens with one attached hydrogen (secondary N) is 1. The number of aryl methyl sites for hydroxylation is 2. The standard InChI is InChI=1S/C26H27N7O2.C25H26N6O.C22H20N6O2.C19H15N5O2S/c1-15-3-4-21-17(9-15)10-18(11-28-21)20-12-29-33-24(27)23-16(2)13-32(26(23)30-25(20)33)19-5-7-31(8-6-19)22(35)14-34;26-24-19-7-9-22(29-18-10-12-32-13-11-18)23(19)30-25-20(15-28-31(24)25)17-6-8-21(27-14-17)16-4-2-1-3-5-16;1-13(29)22(30)27-11-17-19(12-27)26-21-16(10-25-28(21)20(17)23)15-7-8-18(24-9-15)14-5-3-2-4-6-14;20-18-15-10-27(25,26)11-17(15)23-19-14(9-22-24(18)19)13-6-7-16(21-8-13)12-4-2-1-3-5-12/h3-4,9-13,19,34H,5-8,14,27H2,1-2H3;1-6,8,14-15,18,22,29H,7,9-13,26H2;2-10,13,29H,11-12,23H2,1H3;1-9H,10-11,20H2/t;;13-;/m..1./s1. The summed E-state index contributed by atoms with van der Waals surface area (Å²) in [6.45, 7) is 8.62. The average Bonchev–Trinajstić information content (AvgIpc) is 1.60. The van der Waals surface area contributed by atoms with Gasteiger partial charge in [0.2, 0.25) is 5.91 Å². The summed E-state index contributed by atoms with van der Waals surface area (Å²) in [5.74, 6) is 1.31. The maximum Gasteiger partial charge on any atom is 0.251 e. The number of carbonyl (C=O) groups is 2. The fourth-order valence-electron chi connectivity index (χ4n) is 17.3. The van der Waals surface area contributed by atoms with Crippen molar-refractivity contribution < 1.29 is 33.0 Å². The van der Waals surface area contributed by atoms with Gasteiger partial charge in [-0.2, -0.15) is 38.5 Å². The van der Waals surface area contributed by atoms with E-state index in [1.165, 1.54) is 17.0 Å². The Balaban J connectivity index is 0.000000109. The van der Waals surface area contributed by atoms with E-state index in [0.29, 0.717) is 83.7 Å². The fourth-order valence-corrected chi connectivity index (χ4v) is 18.8. The Morgan fingerprint density at radius 3 is 1.54 bits per heavy atom. The van der Waals surface area contributed by atoms with Gasteiger partial charge in [-0.15, -0.1) is 0 Å². The molecule has 0 saturated carbocycles. The van der Waals surface area contributed by atoms with Crippen molar-refractivity contribution in [1.29, 1.82) is 0 Å². The number of nitrogens with zero attached hydrogens (tertiary/aromatic N) is 19. The molecule has 1 unspecified atom stereocenters. The fraction of sp³-hybridized carbons (Fsp3) is 0.239. The van der Waals surface area contributed by atoms with Crippen LogP contribution in [0, 0.1) is 13.8 Å². The number of rotatable bonds is 12. The minimum atomic E-state index is -3.19. The molecule has 2 atom stereocenters. The number of carbonyl (C=O) groups excluding carboxylic acids is 2. The van der Waals surface area contributed by atoms with Crippen molar-refractivity contribution in [1.82, 2.24) is 98.0 Å². The van der Waals surface area contributed by atoms with Gasteiger partial charge in [0.25, 0.3) is 5.91 Å². The molecule has 0 radical (unpaired) electrons. The van der Waals surface area contributed by atoms with E-state index >= 15 is 0 Å². The smallest absolute Gasteiger partial charge is 0.251 e. The van der Waals surface area contributed by atoms with Crippen molar-refractivity contribution in [2.45, 2.75) is 108 Å². The predicted molar refractivity (Wildman–Crippen MR) is 474 cm³/mol. The third-order valence-electron chi connectivity index (χ3n) is 23.9. The molecule has 124 heavy (non-hydrogen) atoms. The first kappa shape index (κ1) is 79.5. The van der Waals surface area contributed by atoms with E-state index in [2.05, 4.69) is 105 Å². The number of piperidine rings is 1. The summed E-state index contributed by atoms with van der Waals surface area (Å²) in [4.78, 5) is 65.2. The van der Waals surface area contributed by atoms with Crippen LogP contribution in [-0.2, 0) is 55.2 Å². The van der Waals surface area contributed by atoms with Gasteiger partial charge >= 0.3 is 0 Å². The second-order valence-corrected chi connectivity index (χ2v) is 34.0. The number of hydrogen-bond donors (Lipinski definition) is 7. The van der Waals surface area contributed by atoms with Crippen LogP contribution in [0.2, 0.25) is 0 Å². The maximum absolute atomic E-state index is 12.2. The Morgan fingerprint density at radius 2 is 1.01 bits per heavy atom. The van der Waals surface area contributed by atoms with E-state index in [4.69, 9.17) is 42.6 Å². The number of likely N-dealkylation sites (tertiary alicyclic amines) is 1.